The van der Waals surface area contributed by atoms with Crippen LogP contribution in [0.15, 0.2) is 89.3 Å². The molecule has 0 aliphatic heterocycles. The van der Waals surface area contributed by atoms with Gasteiger partial charge >= 0.3 is 5.97 Å². The summed E-state index contributed by atoms with van der Waals surface area (Å²) in [5.74, 6) is 0.392. The molecule has 1 heterocycles. The van der Waals surface area contributed by atoms with Gasteiger partial charge in [0.1, 0.15) is 11.7 Å². The Labute approximate surface area is 180 Å². The molecule has 0 unspecified atom stereocenters. The molecule has 0 aliphatic rings. The number of hydrogen-bond donors (Lipinski definition) is 0. The Bertz CT molecular complexity index is 1090. The van der Waals surface area contributed by atoms with Crippen molar-refractivity contribution in [3.63, 3.8) is 0 Å². The van der Waals surface area contributed by atoms with Crippen LogP contribution in [0.4, 0.5) is 0 Å². The lowest BCUT2D eigenvalue weighted by molar-refractivity contribution is -0.150. The molecule has 0 radical (unpaired) electrons. The molecule has 0 saturated carbocycles. The van der Waals surface area contributed by atoms with Gasteiger partial charge < -0.3 is 13.9 Å². The summed E-state index contributed by atoms with van der Waals surface area (Å²) in [7, 11) is 1.61. The quantitative estimate of drug-likeness (QED) is 0.388. The van der Waals surface area contributed by atoms with Crippen LogP contribution in [0.5, 0.6) is 5.75 Å². The molecule has 6 nitrogen and oxygen atoms in total. The van der Waals surface area contributed by atoms with Gasteiger partial charge in [-0.2, -0.15) is 0 Å². The van der Waals surface area contributed by atoms with Gasteiger partial charge in [0, 0.05) is 5.56 Å². The predicted molar refractivity (Wildman–Crippen MR) is 116 cm³/mol. The van der Waals surface area contributed by atoms with E-state index in [1.807, 2.05) is 84.9 Å². The van der Waals surface area contributed by atoms with Crippen LogP contribution in [0, 0.1) is 0 Å². The van der Waals surface area contributed by atoms with E-state index in [9.17, 15) is 4.79 Å². The van der Waals surface area contributed by atoms with Crippen molar-refractivity contribution < 1.29 is 18.7 Å². The van der Waals surface area contributed by atoms with Crippen LogP contribution in [0.2, 0.25) is 0 Å². The van der Waals surface area contributed by atoms with Crippen molar-refractivity contribution >= 4 is 5.97 Å². The zero-order valence-electron chi connectivity index (χ0n) is 17.3. The van der Waals surface area contributed by atoms with Gasteiger partial charge in [-0.1, -0.05) is 60.7 Å². The van der Waals surface area contributed by atoms with Crippen molar-refractivity contribution in [2.75, 3.05) is 7.11 Å². The highest BCUT2D eigenvalue weighted by Crippen LogP contribution is 2.29. The normalized spacial score (nSPS) is 11.8. The van der Waals surface area contributed by atoms with Crippen molar-refractivity contribution in [2.24, 2.45) is 0 Å². The van der Waals surface area contributed by atoms with E-state index in [-0.39, 0.29) is 11.9 Å². The lowest BCUT2D eigenvalue weighted by Gasteiger charge is -2.19. The molecule has 4 rings (SSSR count). The number of esters is 1. The van der Waals surface area contributed by atoms with E-state index in [4.69, 9.17) is 13.9 Å². The van der Waals surface area contributed by atoms with Crippen LogP contribution in [-0.2, 0) is 9.53 Å². The number of aromatic nitrogens is 2. The summed E-state index contributed by atoms with van der Waals surface area (Å²) >= 11 is 0. The molecule has 1 aromatic heterocycles. The Hall–Kier alpha value is -3.93. The molecule has 31 heavy (non-hydrogen) atoms. The van der Waals surface area contributed by atoms with Gasteiger partial charge in [-0.15, -0.1) is 10.2 Å². The molecular weight excluding hydrogens is 392 g/mol. The molecule has 0 bridgehead atoms. The zero-order valence-corrected chi connectivity index (χ0v) is 17.3. The Morgan fingerprint density at radius 3 is 1.97 bits per heavy atom. The van der Waals surface area contributed by atoms with E-state index in [0.29, 0.717) is 5.89 Å². The van der Waals surface area contributed by atoms with Crippen LogP contribution in [0.25, 0.3) is 11.5 Å². The highest BCUT2D eigenvalue weighted by atomic mass is 16.6. The van der Waals surface area contributed by atoms with Gasteiger partial charge in [0.15, 0.2) is 6.10 Å². The molecule has 0 amide bonds. The number of carbonyl (C=O) groups excluding carboxylic acids is 1. The lowest BCUT2D eigenvalue weighted by Crippen LogP contribution is -2.19. The maximum atomic E-state index is 13.1. The molecular formula is C25H22N2O4. The number of carbonyl (C=O) groups is 1. The Morgan fingerprint density at radius 1 is 0.839 bits per heavy atom. The maximum absolute atomic E-state index is 13.1. The maximum Gasteiger partial charge on any atom is 0.318 e. The van der Waals surface area contributed by atoms with E-state index < -0.39 is 12.0 Å². The zero-order chi connectivity index (χ0) is 21.6. The van der Waals surface area contributed by atoms with Crippen molar-refractivity contribution in [1.82, 2.24) is 10.2 Å². The summed E-state index contributed by atoms with van der Waals surface area (Å²) in [6.07, 6.45) is -0.693. The fraction of sp³-hybridized carbons (Fsp3) is 0.160. The van der Waals surface area contributed by atoms with Crippen LogP contribution in [0.1, 0.15) is 36.0 Å². The van der Waals surface area contributed by atoms with Gasteiger partial charge in [-0.3, -0.25) is 4.79 Å². The molecule has 0 N–H and O–H groups in total. The van der Waals surface area contributed by atoms with Gasteiger partial charge in [0.2, 0.25) is 5.89 Å². The third kappa shape index (κ3) is 4.64. The number of rotatable bonds is 7. The van der Waals surface area contributed by atoms with E-state index in [2.05, 4.69) is 10.2 Å². The fourth-order valence-corrected chi connectivity index (χ4v) is 3.30. The average molecular weight is 414 g/mol. The molecule has 0 spiro atoms. The second-order valence-electron chi connectivity index (χ2n) is 7.01. The summed E-state index contributed by atoms with van der Waals surface area (Å²) in [6.45, 7) is 1.72. The second kappa shape index (κ2) is 9.26. The first-order valence-corrected chi connectivity index (χ1v) is 9.94. The van der Waals surface area contributed by atoms with Crippen LogP contribution in [-0.4, -0.2) is 23.3 Å². The molecule has 0 aliphatic carbocycles. The summed E-state index contributed by atoms with van der Waals surface area (Å²) in [5, 5.41) is 8.15. The van der Waals surface area contributed by atoms with E-state index in [1.54, 1.807) is 14.0 Å². The number of nitrogens with zero attached hydrogens (tertiary/aromatic N) is 2. The largest absolute Gasteiger partial charge is 0.497 e. The number of ether oxygens (including phenoxy) is 2. The van der Waals surface area contributed by atoms with Crippen molar-refractivity contribution in [3.8, 4) is 17.2 Å². The Balaban J connectivity index is 1.53. The molecule has 0 fully saturated rings. The van der Waals surface area contributed by atoms with Gasteiger partial charge in [-0.25, -0.2) is 0 Å². The van der Waals surface area contributed by atoms with Gasteiger partial charge in [-0.05, 0) is 42.3 Å². The predicted octanol–water partition coefficient (Wildman–Crippen LogP) is 5.18. The third-order valence-electron chi connectivity index (χ3n) is 4.92. The first-order valence-electron chi connectivity index (χ1n) is 9.94. The molecule has 6 heteroatoms. The summed E-state index contributed by atoms with van der Waals surface area (Å²) < 4.78 is 16.7. The number of hydrogen-bond acceptors (Lipinski definition) is 6. The molecule has 3 aromatic carbocycles. The van der Waals surface area contributed by atoms with Crippen molar-refractivity contribution in [3.05, 3.63) is 102 Å². The minimum atomic E-state index is -0.693. The minimum Gasteiger partial charge on any atom is -0.497 e. The van der Waals surface area contributed by atoms with Crippen molar-refractivity contribution in [1.29, 1.82) is 0 Å². The topological polar surface area (TPSA) is 74.5 Å². The smallest absolute Gasteiger partial charge is 0.318 e. The minimum absolute atomic E-state index is 0.235. The fourth-order valence-electron chi connectivity index (χ4n) is 3.30. The van der Waals surface area contributed by atoms with Crippen LogP contribution in [0.3, 0.4) is 0 Å². The SMILES string of the molecule is COc1ccc(-c2nnc([C@@H](C)OC(=O)C(c3ccccc3)c3ccccc3)o2)cc1. The third-order valence-corrected chi connectivity index (χ3v) is 4.92. The summed E-state index contributed by atoms with van der Waals surface area (Å²) in [6, 6.07) is 26.4. The number of benzene rings is 3. The molecule has 4 aromatic rings. The monoisotopic (exact) mass is 414 g/mol. The first-order chi connectivity index (χ1) is 15.2. The van der Waals surface area contributed by atoms with Crippen molar-refractivity contribution in [2.45, 2.75) is 18.9 Å². The van der Waals surface area contributed by atoms with Gasteiger partial charge in [0.05, 0.1) is 7.11 Å². The number of methoxy groups -OCH3 is 1. The van der Waals surface area contributed by atoms with Crippen LogP contribution >= 0.6 is 0 Å². The lowest BCUT2D eigenvalue weighted by atomic mass is 9.91. The second-order valence-corrected chi connectivity index (χ2v) is 7.01. The Kier molecular flexibility index (Phi) is 6.08. The standard InChI is InChI=1S/C25H22N2O4/c1-17(23-26-27-24(31-23)20-13-15-21(29-2)16-14-20)30-25(28)22(18-9-5-3-6-10-18)19-11-7-4-8-12-19/h3-17,22H,1-2H3/t17-/m1/s1. The van der Waals surface area contributed by atoms with E-state index in [0.717, 1.165) is 22.4 Å². The van der Waals surface area contributed by atoms with E-state index >= 15 is 0 Å². The highest BCUT2D eigenvalue weighted by Gasteiger charge is 2.28. The summed E-state index contributed by atoms with van der Waals surface area (Å²) in [5.41, 5.74) is 2.47. The Morgan fingerprint density at radius 2 is 1.42 bits per heavy atom. The molecule has 156 valence electrons. The highest BCUT2D eigenvalue weighted by molar-refractivity contribution is 5.82. The molecule has 1 atom stereocenters. The van der Waals surface area contributed by atoms with Crippen LogP contribution < -0.4 is 4.74 Å². The first kappa shape index (κ1) is 20.3. The van der Waals surface area contributed by atoms with Gasteiger partial charge in [0.25, 0.3) is 5.89 Å². The van der Waals surface area contributed by atoms with E-state index in [1.165, 1.54) is 0 Å². The average Bonchev–Trinajstić information content (AvgIpc) is 3.31. The summed E-state index contributed by atoms with van der Waals surface area (Å²) in [4.78, 5) is 13.1. The molecule has 0 saturated heterocycles.